The van der Waals surface area contributed by atoms with Crippen LogP contribution in [0.25, 0.3) is 0 Å². The van der Waals surface area contributed by atoms with Crippen molar-refractivity contribution in [2.75, 3.05) is 0 Å². The molecular formula is C7H2BrClF3NO4S. The maximum Gasteiger partial charge on any atom is 0.419 e. The van der Waals surface area contributed by atoms with Crippen LogP contribution in [0.5, 0.6) is 0 Å². The van der Waals surface area contributed by atoms with Crippen LogP contribution in [0, 0.1) is 10.1 Å². The Labute approximate surface area is 111 Å². The summed E-state index contributed by atoms with van der Waals surface area (Å²) >= 11 is 2.49. The molecule has 0 heterocycles. The summed E-state index contributed by atoms with van der Waals surface area (Å²) in [5, 5.41) is 10.6. The summed E-state index contributed by atoms with van der Waals surface area (Å²) in [5.41, 5.74) is -2.94. The Morgan fingerprint density at radius 3 is 2.17 bits per heavy atom. The van der Waals surface area contributed by atoms with Gasteiger partial charge in [-0.3, -0.25) is 10.1 Å². The first-order valence-corrected chi connectivity index (χ1v) is 7.05. The topological polar surface area (TPSA) is 77.3 Å². The van der Waals surface area contributed by atoms with Gasteiger partial charge in [0, 0.05) is 21.2 Å². The van der Waals surface area contributed by atoms with Crippen molar-refractivity contribution in [2.45, 2.75) is 11.1 Å². The molecule has 0 spiro atoms. The van der Waals surface area contributed by atoms with Crippen LogP contribution in [-0.4, -0.2) is 13.3 Å². The molecule has 0 aliphatic rings. The van der Waals surface area contributed by atoms with Crippen molar-refractivity contribution in [3.05, 3.63) is 32.3 Å². The molecule has 5 nitrogen and oxygen atoms in total. The molecule has 1 rings (SSSR count). The van der Waals surface area contributed by atoms with Crippen molar-refractivity contribution in [3.8, 4) is 0 Å². The van der Waals surface area contributed by atoms with E-state index in [9.17, 15) is 31.7 Å². The van der Waals surface area contributed by atoms with Gasteiger partial charge in [-0.15, -0.1) is 0 Å². The lowest BCUT2D eigenvalue weighted by molar-refractivity contribution is -0.388. The number of benzene rings is 1. The highest BCUT2D eigenvalue weighted by molar-refractivity contribution is 9.10. The van der Waals surface area contributed by atoms with Crippen LogP contribution in [0.3, 0.4) is 0 Å². The van der Waals surface area contributed by atoms with E-state index in [2.05, 4.69) is 15.9 Å². The first kappa shape index (κ1) is 15.2. The fourth-order valence-corrected chi connectivity index (χ4v) is 3.22. The molecule has 0 atom stereocenters. The fourth-order valence-electron chi connectivity index (χ4n) is 1.20. The Kier molecular flexibility index (Phi) is 3.94. The largest absolute Gasteiger partial charge is 0.419 e. The summed E-state index contributed by atoms with van der Waals surface area (Å²) in [6, 6.07) is 1.35. The van der Waals surface area contributed by atoms with Gasteiger partial charge in [-0.25, -0.2) is 8.42 Å². The van der Waals surface area contributed by atoms with Gasteiger partial charge >= 0.3 is 6.18 Å². The number of halogens is 5. The molecule has 18 heavy (non-hydrogen) atoms. The van der Waals surface area contributed by atoms with Gasteiger partial charge in [-0.05, 0) is 6.07 Å². The predicted molar refractivity (Wildman–Crippen MR) is 58.8 cm³/mol. The summed E-state index contributed by atoms with van der Waals surface area (Å²) in [5.74, 6) is 0. The van der Waals surface area contributed by atoms with E-state index in [0.29, 0.717) is 6.07 Å². The zero-order valence-electron chi connectivity index (χ0n) is 8.03. The molecule has 0 N–H and O–H groups in total. The highest BCUT2D eigenvalue weighted by atomic mass is 79.9. The Hall–Kier alpha value is -0.870. The van der Waals surface area contributed by atoms with Crippen molar-refractivity contribution in [1.82, 2.24) is 0 Å². The summed E-state index contributed by atoms with van der Waals surface area (Å²) in [4.78, 5) is 7.73. The molecule has 0 unspecified atom stereocenters. The molecular weight excluding hydrogens is 366 g/mol. The Morgan fingerprint density at radius 1 is 1.33 bits per heavy atom. The second-order valence-electron chi connectivity index (χ2n) is 2.96. The van der Waals surface area contributed by atoms with Gasteiger partial charge in [0.05, 0.1) is 10.5 Å². The SMILES string of the molecule is O=[N+]([O-])c1ccc(Br)c(C(F)(F)F)c1S(=O)(=O)Cl. The molecule has 0 amide bonds. The van der Waals surface area contributed by atoms with Crippen molar-refractivity contribution >= 4 is 41.4 Å². The average Bonchev–Trinajstić information content (AvgIpc) is 2.13. The summed E-state index contributed by atoms with van der Waals surface area (Å²) in [6.45, 7) is 0. The van der Waals surface area contributed by atoms with Crippen LogP contribution in [0.1, 0.15) is 5.56 Å². The molecule has 0 aliphatic carbocycles. The van der Waals surface area contributed by atoms with Crippen LogP contribution < -0.4 is 0 Å². The third-order valence-corrected chi connectivity index (χ3v) is 3.83. The Bertz CT molecular complexity index is 616. The molecule has 0 bridgehead atoms. The van der Waals surface area contributed by atoms with E-state index >= 15 is 0 Å². The lowest BCUT2D eigenvalue weighted by Crippen LogP contribution is -2.13. The van der Waals surface area contributed by atoms with E-state index in [1.165, 1.54) is 0 Å². The maximum atomic E-state index is 12.7. The highest BCUT2D eigenvalue weighted by Crippen LogP contribution is 2.44. The van der Waals surface area contributed by atoms with Gasteiger partial charge in [-0.2, -0.15) is 13.2 Å². The maximum absolute atomic E-state index is 12.7. The number of alkyl halides is 3. The minimum absolute atomic E-state index is 0.620. The zero-order valence-corrected chi connectivity index (χ0v) is 11.2. The number of hydrogen-bond donors (Lipinski definition) is 0. The second kappa shape index (κ2) is 4.67. The average molecular weight is 369 g/mol. The monoisotopic (exact) mass is 367 g/mol. The number of hydrogen-bond acceptors (Lipinski definition) is 4. The molecule has 11 heteroatoms. The van der Waals surface area contributed by atoms with Gasteiger partial charge in [0.25, 0.3) is 14.7 Å². The Morgan fingerprint density at radius 2 is 1.83 bits per heavy atom. The van der Waals surface area contributed by atoms with Gasteiger partial charge < -0.3 is 0 Å². The van der Waals surface area contributed by atoms with E-state index in [0.717, 1.165) is 6.07 Å². The lowest BCUT2D eigenvalue weighted by Gasteiger charge is -2.12. The van der Waals surface area contributed by atoms with E-state index in [1.54, 1.807) is 0 Å². The Balaban J connectivity index is 3.91. The van der Waals surface area contributed by atoms with Crippen LogP contribution in [-0.2, 0) is 15.2 Å². The standard InChI is InChI=1S/C7H2BrClF3NO4S/c8-3-1-2-4(13(14)15)6(18(9,16)17)5(3)7(10,11)12/h1-2H. The number of rotatable bonds is 2. The molecule has 0 fully saturated rings. The molecule has 1 aromatic carbocycles. The van der Waals surface area contributed by atoms with Gasteiger partial charge in [0.1, 0.15) is 0 Å². The van der Waals surface area contributed by atoms with Crippen molar-refractivity contribution in [2.24, 2.45) is 0 Å². The minimum atomic E-state index is -5.11. The van der Waals surface area contributed by atoms with Crippen molar-refractivity contribution in [1.29, 1.82) is 0 Å². The fraction of sp³-hybridized carbons (Fsp3) is 0.143. The number of nitro benzene ring substituents is 1. The van der Waals surface area contributed by atoms with Gasteiger partial charge in [0.2, 0.25) is 0 Å². The van der Waals surface area contributed by atoms with E-state index in [4.69, 9.17) is 10.7 Å². The number of nitrogens with zero attached hydrogens (tertiary/aromatic N) is 1. The van der Waals surface area contributed by atoms with Crippen LogP contribution in [0.4, 0.5) is 18.9 Å². The van der Waals surface area contributed by atoms with Gasteiger partial charge in [0.15, 0.2) is 4.90 Å². The first-order valence-electron chi connectivity index (χ1n) is 3.95. The first-order chi connectivity index (χ1) is 7.96. The third-order valence-electron chi connectivity index (χ3n) is 1.81. The molecule has 0 saturated heterocycles. The van der Waals surface area contributed by atoms with E-state index < -0.39 is 40.8 Å². The molecule has 1 aromatic rings. The molecule has 100 valence electrons. The molecule has 0 saturated carbocycles. The molecule has 0 aromatic heterocycles. The summed E-state index contributed by atoms with van der Waals surface area (Å²) < 4.78 is 59.7. The zero-order chi connectivity index (χ0) is 14.3. The van der Waals surface area contributed by atoms with Gasteiger partial charge in [-0.1, -0.05) is 15.9 Å². The smallest absolute Gasteiger partial charge is 0.258 e. The summed E-state index contributed by atoms with van der Waals surface area (Å²) in [6.07, 6.45) is -5.11. The quantitative estimate of drug-likeness (QED) is 0.456. The second-order valence-corrected chi connectivity index (χ2v) is 6.32. The van der Waals surface area contributed by atoms with Crippen molar-refractivity contribution < 1.29 is 26.5 Å². The lowest BCUT2D eigenvalue weighted by atomic mass is 10.2. The normalized spacial score (nSPS) is 12.5. The van der Waals surface area contributed by atoms with Crippen molar-refractivity contribution in [3.63, 3.8) is 0 Å². The summed E-state index contributed by atoms with van der Waals surface area (Å²) in [7, 11) is -0.0963. The third kappa shape index (κ3) is 2.93. The minimum Gasteiger partial charge on any atom is -0.258 e. The molecule has 0 aliphatic heterocycles. The molecule has 0 radical (unpaired) electrons. The predicted octanol–water partition coefficient (Wildman–Crippen LogP) is 3.30. The number of nitro groups is 1. The van der Waals surface area contributed by atoms with E-state index in [-0.39, 0.29) is 0 Å². The van der Waals surface area contributed by atoms with Crippen LogP contribution >= 0.6 is 26.6 Å². The van der Waals surface area contributed by atoms with E-state index in [1.807, 2.05) is 0 Å². The van der Waals surface area contributed by atoms with Crippen LogP contribution in [0.2, 0.25) is 0 Å². The van der Waals surface area contributed by atoms with Crippen LogP contribution in [0.15, 0.2) is 21.5 Å². The highest BCUT2D eigenvalue weighted by Gasteiger charge is 2.43.